The van der Waals surface area contributed by atoms with Crippen LogP contribution in [-0.4, -0.2) is 35.9 Å². The van der Waals surface area contributed by atoms with Crippen LogP contribution in [0.5, 0.6) is 11.5 Å². The first-order chi connectivity index (χ1) is 15.4. The van der Waals surface area contributed by atoms with Crippen molar-refractivity contribution in [1.29, 1.82) is 0 Å². The summed E-state index contributed by atoms with van der Waals surface area (Å²) in [6.07, 6.45) is 5.87. The molecule has 2 heterocycles. The Balaban J connectivity index is 1.54. The molecule has 0 spiro atoms. The number of methoxy groups -OCH3 is 2. The van der Waals surface area contributed by atoms with E-state index in [4.69, 9.17) is 9.47 Å². The summed E-state index contributed by atoms with van der Waals surface area (Å²) in [4.78, 5) is 32.4. The number of nitrogens with zero attached hydrogens (tertiary/aromatic N) is 3. The predicted molar refractivity (Wildman–Crippen MR) is 125 cm³/mol. The Morgan fingerprint density at radius 1 is 1.38 bits per heavy atom. The smallest absolute Gasteiger partial charge is 0.263 e. The van der Waals surface area contributed by atoms with E-state index in [-0.39, 0.29) is 5.56 Å². The van der Waals surface area contributed by atoms with E-state index < -0.39 is 11.9 Å². The lowest BCUT2D eigenvalue weighted by Gasteiger charge is -2.18. The number of aromatic nitrogens is 2. The lowest BCUT2D eigenvalue weighted by atomic mass is 9.89. The largest absolute Gasteiger partial charge is 0.497 e. The summed E-state index contributed by atoms with van der Waals surface area (Å²) in [5.41, 5.74) is 4.11. The molecule has 168 valence electrons. The highest BCUT2D eigenvalue weighted by Gasteiger charge is 2.25. The van der Waals surface area contributed by atoms with Gasteiger partial charge in [-0.05, 0) is 49.8 Å². The zero-order chi connectivity index (χ0) is 22.8. The average molecular weight is 455 g/mol. The normalized spacial score (nSPS) is 16.7. The standard InChI is InChI=1S/C23H26N4O4S/c1-13-5-8-17-19(9-13)32-22-20(17)23(29)27(12-24-22)14(2)21(28)26-25-11-15-6-7-16(30-3)10-18(15)31-4/h6-7,10-14H,5,8-9H2,1-4H3,(H,26,28)/b25-11+/t13-,14+/m1/s1. The highest BCUT2D eigenvalue weighted by atomic mass is 32.1. The number of hydrogen-bond donors (Lipinski definition) is 1. The number of hydrogen-bond acceptors (Lipinski definition) is 7. The van der Waals surface area contributed by atoms with Crippen molar-refractivity contribution in [3.63, 3.8) is 0 Å². The monoisotopic (exact) mass is 454 g/mol. The molecule has 0 unspecified atom stereocenters. The van der Waals surface area contributed by atoms with Crippen LogP contribution in [0.25, 0.3) is 10.2 Å². The fraction of sp³-hybridized carbons (Fsp3) is 0.391. The number of thiophene rings is 1. The lowest BCUT2D eigenvalue weighted by Crippen LogP contribution is -2.34. The SMILES string of the molecule is COc1ccc(/C=N/NC(=O)[C@H](C)n2cnc3sc4c(c3c2=O)CC[C@@H](C)C4)c(OC)c1. The van der Waals surface area contributed by atoms with E-state index in [1.807, 2.05) is 0 Å². The molecule has 1 aromatic carbocycles. The molecule has 9 heteroatoms. The molecular formula is C23H26N4O4S. The molecule has 0 aliphatic heterocycles. The quantitative estimate of drug-likeness (QED) is 0.455. The molecule has 1 aliphatic rings. The van der Waals surface area contributed by atoms with E-state index in [9.17, 15) is 9.59 Å². The van der Waals surface area contributed by atoms with Crippen LogP contribution in [-0.2, 0) is 17.6 Å². The highest BCUT2D eigenvalue weighted by molar-refractivity contribution is 7.18. The van der Waals surface area contributed by atoms with Gasteiger partial charge in [0, 0.05) is 16.5 Å². The molecule has 1 aliphatic carbocycles. The third-order valence-electron chi connectivity index (χ3n) is 5.86. The fourth-order valence-electron chi connectivity index (χ4n) is 3.93. The van der Waals surface area contributed by atoms with Crippen molar-refractivity contribution in [2.24, 2.45) is 11.0 Å². The van der Waals surface area contributed by atoms with Gasteiger partial charge in [0.05, 0.1) is 32.1 Å². The molecule has 1 amide bonds. The Morgan fingerprint density at radius 2 is 2.19 bits per heavy atom. The van der Waals surface area contributed by atoms with Crippen molar-refractivity contribution >= 4 is 33.7 Å². The van der Waals surface area contributed by atoms with E-state index in [1.165, 1.54) is 22.0 Å². The summed E-state index contributed by atoms with van der Waals surface area (Å²) in [6.45, 7) is 3.89. The van der Waals surface area contributed by atoms with Crippen molar-refractivity contribution in [3.05, 3.63) is 50.9 Å². The first kappa shape index (κ1) is 22.0. The molecule has 0 bridgehead atoms. The molecule has 0 radical (unpaired) electrons. The number of rotatable bonds is 6. The zero-order valence-electron chi connectivity index (χ0n) is 18.5. The fourth-order valence-corrected chi connectivity index (χ4v) is 5.27. The number of fused-ring (bicyclic) bond motifs is 3. The van der Waals surface area contributed by atoms with Crippen molar-refractivity contribution in [2.45, 2.75) is 39.2 Å². The molecule has 1 N–H and O–H groups in total. The Labute approximate surface area is 189 Å². The molecule has 8 nitrogen and oxygen atoms in total. The van der Waals surface area contributed by atoms with Crippen LogP contribution in [0.4, 0.5) is 0 Å². The maximum atomic E-state index is 13.2. The first-order valence-electron chi connectivity index (χ1n) is 10.5. The van der Waals surface area contributed by atoms with Crippen LogP contribution >= 0.6 is 11.3 Å². The van der Waals surface area contributed by atoms with Crippen LogP contribution in [0.1, 0.15) is 42.3 Å². The number of carbonyl (C=O) groups excluding carboxylic acids is 1. The Morgan fingerprint density at radius 3 is 2.94 bits per heavy atom. The van der Waals surface area contributed by atoms with E-state index in [0.717, 1.165) is 29.7 Å². The zero-order valence-corrected chi connectivity index (χ0v) is 19.4. The average Bonchev–Trinajstić information content (AvgIpc) is 3.17. The van der Waals surface area contributed by atoms with E-state index in [0.29, 0.717) is 28.4 Å². The van der Waals surface area contributed by atoms with Gasteiger partial charge in [-0.25, -0.2) is 10.4 Å². The van der Waals surface area contributed by atoms with Gasteiger partial charge in [0.2, 0.25) is 0 Å². The maximum absolute atomic E-state index is 13.2. The van der Waals surface area contributed by atoms with Crippen molar-refractivity contribution in [2.75, 3.05) is 14.2 Å². The number of carbonyl (C=O) groups is 1. The number of hydrazone groups is 1. The second-order valence-corrected chi connectivity index (χ2v) is 9.09. The minimum atomic E-state index is -0.757. The topological polar surface area (TPSA) is 94.8 Å². The van der Waals surface area contributed by atoms with Gasteiger partial charge in [-0.15, -0.1) is 11.3 Å². The van der Waals surface area contributed by atoms with Gasteiger partial charge in [-0.1, -0.05) is 6.92 Å². The molecule has 3 aromatic rings. The summed E-state index contributed by atoms with van der Waals surface area (Å²) < 4.78 is 11.9. The van der Waals surface area contributed by atoms with Crippen LogP contribution in [0.2, 0.25) is 0 Å². The van der Waals surface area contributed by atoms with Crippen molar-refractivity contribution in [3.8, 4) is 11.5 Å². The predicted octanol–water partition coefficient (Wildman–Crippen LogP) is 3.31. The Bertz CT molecular complexity index is 1250. The molecule has 0 saturated heterocycles. The number of aryl methyl sites for hydroxylation is 1. The number of benzene rings is 1. The van der Waals surface area contributed by atoms with Crippen LogP contribution in [0, 0.1) is 5.92 Å². The van der Waals surface area contributed by atoms with Gasteiger partial charge in [0.15, 0.2) is 0 Å². The first-order valence-corrected chi connectivity index (χ1v) is 11.3. The molecule has 0 saturated carbocycles. The summed E-state index contributed by atoms with van der Waals surface area (Å²) >= 11 is 1.59. The number of ether oxygens (including phenoxy) is 2. The van der Waals surface area contributed by atoms with Gasteiger partial charge in [0.25, 0.3) is 11.5 Å². The van der Waals surface area contributed by atoms with E-state index >= 15 is 0 Å². The van der Waals surface area contributed by atoms with Gasteiger partial charge in [-0.2, -0.15) is 5.10 Å². The molecule has 2 aromatic heterocycles. The van der Waals surface area contributed by atoms with Crippen molar-refractivity contribution in [1.82, 2.24) is 15.0 Å². The molecule has 2 atom stereocenters. The van der Waals surface area contributed by atoms with Gasteiger partial charge < -0.3 is 9.47 Å². The van der Waals surface area contributed by atoms with Gasteiger partial charge >= 0.3 is 0 Å². The van der Waals surface area contributed by atoms with E-state index in [1.54, 1.807) is 50.7 Å². The third-order valence-corrected chi connectivity index (χ3v) is 7.02. The van der Waals surface area contributed by atoms with Gasteiger partial charge in [0.1, 0.15) is 22.4 Å². The summed E-state index contributed by atoms with van der Waals surface area (Å²) in [7, 11) is 3.12. The minimum absolute atomic E-state index is 0.175. The molecule has 32 heavy (non-hydrogen) atoms. The van der Waals surface area contributed by atoms with E-state index in [2.05, 4.69) is 22.4 Å². The second kappa shape index (κ2) is 9.12. The van der Waals surface area contributed by atoms with Crippen LogP contribution < -0.4 is 20.5 Å². The van der Waals surface area contributed by atoms with Crippen molar-refractivity contribution < 1.29 is 14.3 Å². The highest BCUT2D eigenvalue weighted by Crippen LogP contribution is 2.35. The van der Waals surface area contributed by atoms with Crippen LogP contribution in [0.3, 0.4) is 0 Å². The minimum Gasteiger partial charge on any atom is -0.497 e. The summed E-state index contributed by atoms with van der Waals surface area (Å²) in [5.74, 6) is 1.43. The third kappa shape index (κ3) is 4.12. The number of amides is 1. The maximum Gasteiger partial charge on any atom is 0.263 e. The summed E-state index contributed by atoms with van der Waals surface area (Å²) in [5, 5.41) is 4.69. The van der Waals surface area contributed by atoms with Gasteiger partial charge in [-0.3, -0.25) is 14.2 Å². The van der Waals surface area contributed by atoms with Crippen LogP contribution in [0.15, 0.2) is 34.4 Å². The molecule has 4 rings (SSSR count). The Hall–Kier alpha value is -3.20. The summed E-state index contributed by atoms with van der Waals surface area (Å²) in [6, 6.07) is 4.53. The lowest BCUT2D eigenvalue weighted by molar-refractivity contribution is -0.123. The molecular weight excluding hydrogens is 428 g/mol. The second-order valence-electron chi connectivity index (χ2n) is 8.01. The molecule has 0 fully saturated rings. The Kier molecular flexibility index (Phi) is 6.27. The number of nitrogens with one attached hydrogen (secondary N) is 1.